The number of benzene rings is 1. The van der Waals surface area contributed by atoms with Crippen LogP contribution in [-0.2, 0) is 0 Å². The van der Waals surface area contributed by atoms with Gasteiger partial charge in [-0.3, -0.25) is 4.90 Å². The molecule has 2 aromatic heterocycles. The molecule has 1 aliphatic rings. The Morgan fingerprint density at radius 3 is 2.92 bits per heavy atom. The quantitative estimate of drug-likeness (QED) is 0.746. The molecule has 0 amide bonds. The fraction of sp³-hybridized carbons (Fsp3) is 0.312. The van der Waals surface area contributed by atoms with E-state index >= 15 is 0 Å². The van der Waals surface area contributed by atoms with Crippen molar-refractivity contribution in [3.8, 4) is 22.9 Å². The molecule has 0 saturated carbocycles. The number of halogens is 2. The molecule has 3 aromatic rings. The van der Waals surface area contributed by atoms with Gasteiger partial charge in [-0.1, -0.05) is 34.0 Å². The van der Waals surface area contributed by atoms with Gasteiger partial charge in [0.05, 0.1) is 6.04 Å². The highest BCUT2D eigenvalue weighted by molar-refractivity contribution is 6.30. The molecule has 0 bridgehead atoms. The standard InChI is InChI=1S/C16H16ClN5O2.ClH/c1-22-6-5-18-9-13(22)15-19-16(24-21-15)14-8-12(20-23-14)10-3-2-4-11(17)7-10;/h2-4,7-8,13,18H,5-6,9H2,1H3;1H. The summed E-state index contributed by atoms with van der Waals surface area (Å²) in [7, 11) is 2.05. The van der Waals surface area contributed by atoms with Crippen molar-refractivity contribution in [2.24, 2.45) is 0 Å². The number of aromatic nitrogens is 3. The zero-order valence-electron chi connectivity index (χ0n) is 13.5. The van der Waals surface area contributed by atoms with E-state index < -0.39 is 0 Å². The molecule has 1 unspecified atom stereocenters. The van der Waals surface area contributed by atoms with Crippen LogP contribution in [0.1, 0.15) is 11.9 Å². The smallest absolute Gasteiger partial charge is 0.296 e. The van der Waals surface area contributed by atoms with Crippen molar-refractivity contribution in [1.29, 1.82) is 0 Å². The first-order valence-corrected chi connectivity index (χ1v) is 8.06. The number of rotatable bonds is 3. The first-order chi connectivity index (χ1) is 11.7. The van der Waals surface area contributed by atoms with Crippen LogP contribution in [0.5, 0.6) is 0 Å². The third-order valence-electron chi connectivity index (χ3n) is 4.09. The van der Waals surface area contributed by atoms with Crippen LogP contribution in [0.15, 0.2) is 39.4 Å². The number of piperazine rings is 1. The van der Waals surface area contributed by atoms with E-state index in [0.29, 0.717) is 28.2 Å². The van der Waals surface area contributed by atoms with Crippen LogP contribution >= 0.6 is 24.0 Å². The van der Waals surface area contributed by atoms with Gasteiger partial charge in [0, 0.05) is 36.3 Å². The molecule has 7 nitrogen and oxygen atoms in total. The zero-order valence-corrected chi connectivity index (χ0v) is 15.0. The van der Waals surface area contributed by atoms with Crippen molar-refractivity contribution in [3.05, 3.63) is 41.2 Å². The Kier molecular flexibility index (Phi) is 5.39. The summed E-state index contributed by atoms with van der Waals surface area (Å²) in [6, 6.07) is 9.27. The van der Waals surface area contributed by atoms with Gasteiger partial charge in [-0.05, 0) is 19.2 Å². The summed E-state index contributed by atoms with van der Waals surface area (Å²) < 4.78 is 10.7. The monoisotopic (exact) mass is 381 g/mol. The number of nitrogens with zero attached hydrogens (tertiary/aromatic N) is 4. The van der Waals surface area contributed by atoms with Crippen molar-refractivity contribution in [3.63, 3.8) is 0 Å². The number of hydrogen-bond acceptors (Lipinski definition) is 7. The van der Waals surface area contributed by atoms with E-state index in [1.807, 2.05) is 31.3 Å². The average Bonchev–Trinajstić information content (AvgIpc) is 3.25. The van der Waals surface area contributed by atoms with Crippen molar-refractivity contribution in [2.45, 2.75) is 6.04 Å². The summed E-state index contributed by atoms with van der Waals surface area (Å²) >= 11 is 6.01. The molecule has 4 rings (SSSR count). The van der Waals surface area contributed by atoms with Gasteiger partial charge in [0.15, 0.2) is 5.82 Å². The lowest BCUT2D eigenvalue weighted by molar-refractivity contribution is 0.190. The average molecular weight is 382 g/mol. The summed E-state index contributed by atoms with van der Waals surface area (Å²) in [5.74, 6) is 1.40. The Hall–Kier alpha value is -1.93. The molecule has 132 valence electrons. The van der Waals surface area contributed by atoms with Gasteiger partial charge in [0.25, 0.3) is 5.89 Å². The molecule has 0 radical (unpaired) electrons. The topological polar surface area (TPSA) is 80.2 Å². The Labute approximate surface area is 155 Å². The Morgan fingerprint density at radius 1 is 1.24 bits per heavy atom. The van der Waals surface area contributed by atoms with Crippen molar-refractivity contribution in [2.75, 3.05) is 26.7 Å². The van der Waals surface area contributed by atoms with Gasteiger partial charge >= 0.3 is 0 Å². The fourth-order valence-electron chi connectivity index (χ4n) is 2.72. The molecule has 9 heteroatoms. The highest BCUT2D eigenvalue weighted by Crippen LogP contribution is 2.28. The molecule has 1 fully saturated rings. The molecule has 0 spiro atoms. The summed E-state index contributed by atoms with van der Waals surface area (Å²) in [6.07, 6.45) is 0. The van der Waals surface area contributed by atoms with E-state index in [0.717, 1.165) is 25.2 Å². The second-order valence-electron chi connectivity index (χ2n) is 5.75. The van der Waals surface area contributed by atoms with Gasteiger partial charge in [-0.15, -0.1) is 12.4 Å². The lowest BCUT2D eigenvalue weighted by atomic mass is 10.1. The van der Waals surface area contributed by atoms with E-state index in [1.165, 1.54) is 0 Å². The molecule has 1 atom stereocenters. The molecular weight excluding hydrogens is 365 g/mol. The van der Waals surface area contributed by atoms with Crippen LogP contribution in [0.25, 0.3) is 22.9 Å². The first-order valence-electron chi connectivity index (χ1n) is 7.68. The van der Waals surface area contributed by atoms with Crippen molar-refractivity contribution in [1.82, 2.24) is 25.5 Å². The van der Waals surface area contributed by atoms with E-state index in [-0.39, 0.29) is 18.4 Å². The second-order valence-corrected chi connectivity index (χ2v) is 6.18. The maximum absolute atomic E-state index is 6.01. The molecule has 1 aliphatic heterocycles. The SMILES string of the molecule is CN1CCNCC1c1noc(-c2cc(-c3cccc(Cl)c3)no2)n1.Cl. The van der Waals surface area contributed by atoms with E-state index in [2.05, 4.69) is 25.5 Å². The normalized spacial score (nSPS) is 18.1. The minimum atomic E-state index is 0. The third kappa shape index (κ3) is 3.69. The maximum Gasteiger partial charge on any atom is 0.296 e. The molecule has 0 aliphatic carbocycles. The van der Waals surface area contributed by atoms with E-state index in [4.69, 9.17) is 20.6 Å². The highest BCUT2D eigenvalue weighted by Gasteiger charge is 2.26. The number of hydrogen-bond donors (Lipinski definition) is 1. The van der Waals surface area contributed by atoms with Gasteiger partial charge in [-0.25, -0.2) is 0 Å². The Morgan fingerprint density at radius 2 is 2.12 bits per heavy atom. The van der Waals surface area contributed by atoms with Crippen LogP contribution < -0.4 is 5.32 Å². The number of likely N-dealkylation sites (N-methyl/N-ethyl adjacent to an activating group) is 1. The van der Waals surface area contributed by atoms with Crippen molar-refractivity contribution >= 4 is 24.0 Å². The second kappa shape index (κ2) is 7.53. The van der Waals surface area contributed by atoms with E-state index in [1.54, 1.807) is 6.07 Å². The number of nitrogens with one attached hydrogen (secondary N) is 1. The Bertz CT molecular complexity index is 850. The minimum absolute atomic E-state index is 0. The summed E-state index contributed by atoms with van der Waals surface area (Å²) in [5.41, 5.74) is 1.54. The molecule has 1 aromatic carbocycles. The zero-order chi connectivity index (χ0) is 16.5. The van der Waals surface area contributed by atoms with E-state index in [9.17, 15) is 0 Å². The van der Waals surface area contributed by atoms with Crippen molar-refractivity contribution < 1.29 is 9.05 Å². The fourth-order valence-corrected chi connectivity index (χ4v) is 2.91. The molecule has 25 heavy (non-hydrogen) atoms. The van der Waals surface area contributed by atoms with Gasteiger partial charge in [0.2, 0.25) is 5.76 Å². The minimum Gasteiger partial charge on any atom is -0.350 e. The van der Waals surface area contributed by atoms with Gasteiger partial charge in [0.1, 0.15) is 5.69 Å². The van der Waals surface area contributed by atoms with Crippen LogP contribution in [0.2, 0.25) is 5.02 Å². The molecule has 1 N–H and O–H groups in total. The van der Waals surface area contributed by atoms with Crippen LogP contribution in [-0.4, -0.2) is 46.9 Å². The lowest BCUT2D eigenvalue weighted by Crippen LogP contribution is -2.44. The summed E-state index contributed by atoms with van der Waals surface area (Å²) in [4.78, 5) is 6.66. The highest BCUT2D eigenvalue weighted by atomic mass is 35.5. The summed E-state index contributed by atoms with van der Waals surface area (Å²) in [6.45, 7) is 2.69. The van der Waals surface area contributed by atoms with Crippen LogP contribution in [0, 0.1) is 0 Å². The molecule has 1 saturated heterocycles. The first kappa shape index (κ1) is 17.9. The van der Waals surface area contributed by atoms with Gasteiger partial charge in [-0.2, -0.15) is 4.98 Å². The maximum atomic E-state index is 6.01. The lowest BCUT2D eigenvalue weighted by Gasteiger charge is -2.30. The predicted octanol–water partition coefficient (Wildman–Crippen LogP) is 3.04. The predicted molar refractivity (Wildman–Crippen MR) is 95.7 cm³/mol. The largest absolute Gasteiger partial charge is 0.350 e. The van der Waals surface area contributed by atoms with Crippen LogP contribution in [0.3, 0.4) is 0 Å². The molecular formula is C16H17Cl2N5O2. The molecule has 3 heterocycles. The van der Waals surface area contributed by atoms with Gasteiger partial charge < -0.3 is 14.4 Å². The van der Waals surface area contributed by atoms with Crippen LogP contribution in [0.4, 0.5) is 0 Å². The Balaban J connectivity index is 0.00000182. The summed E-state index contributed by atoms with van der Waals surface area (Å²) in [5, 5.41) is 12.1. The third-order valence-corrected chi connectivity index (χ3v) is 4.33.